The summed E-state index contributed by atoms with van der Waals surface area (Å²) in [6.07, 6.45) is 4.33. The van der Waals surface area contributed by atoms with Crippen LogP contribution in [0.3, 0.4) is 0 Å². The van der Waals surface area contributed by atoms with Crippen LogP contribution in [0.4, 0.5) is 0 Å². The lowest BCUT2D eigenvalue weighted by atomic mass is 9.98. The Morgan fingerprint density at radius 2 is 2.14 bits per heavy atom. The molecule has 0 aromatic carbocycles. The monoisotopic (exact) mass is 292 g/mol. The largest absolute Gasteiger partial charge is 0.461 e. The number of nitrogens with zero attached hydrogens (tertiary/aromatic N) is 4. The summed E-state index contributed by atoms with van der Waals surface area (Å²) in [4.78, 5) is 18.8. The van der Waals surface area contributed by atoms with Gasteiger partial charge in [0.1, 0.15) is 23.8 Å². The van der Waals surface area contributed by atoms with Crippen molar-refractivity contribution in [2.24, 2.45) is 0 Å². The van der Waals surface area contributed by atoms with E-state index in [0.717, 1.165) is 44.0 Å². The van der Waals surface area contributed by atoms with Gasteiger partial charge in [0, 0.05) is 12.5 Å². The molecular formula is C15H24N4O2. The zero-order valence-corrected chi connectivity index (χ0v) is 13.1. The van der Waals surface area contributed by atoms with Crippen LogP contribution in [0, 0.1) is 13.8 Å². The molecular weight excluding hydrogens is 268 g/mol. The van der Waals surface area contributed by atoms with Crippen LogP contribution in [0.5, 0.6) is 0 Å². The van der Waals surface area contributed by atoms with Crippen LogP contribution in [0.2, 0.25) is 0 Å². The van der Waals surface area contributed by atoms with Crippen molar-refractivity contribution in [3.8, 4) is 0 Å². The third kappa shape index (κ3) is 2.95. The average molecular weight is 292 g/mol. The highest BCUT2D eigenvalue weighted by atomic mass is 16.6. The molecule has 116 valence electrons. The van der Waals surface area contributed by atoms with E-state index in [2.05, 4.69) is 15.0 Å². The highest BCUT2D eigenvalue weighted by Crippen LogP contribution is 2.27. The molecule has 0 bridgehead atoms. The zero-order valence-electron chi connectivity index (χ0n) is 13.1. The van der Waals surface area contributed by atoms with Gasteiger partial charge in [-0.15, -0.1) is 0 Å². The summed E-state index contributed by atoms with van der Waals surface area (Å²) < 4.78 is 7.31. The summed E-state index contributed by atoms with van der Waals surface area (Å²) in [6.45, 7) is 7.66. The second-order valence-electron chi connectivity index (χ2n) is 6.27. The van der Waals surface area contributed by atoms with Gasteiger partial charge in [0.05, 0.1) is 6.54 Å². The Balaban J connectivity index is 1.75. The van der Waals surface area contributed by atoms with Crippen molar-refractivity contribution in [2.75, 3.05) is 6.54 Å². The van der Waals surface area contributed by atoms with E-state index in [1.54, 1.807) is 0 Å². The number of carbonyl (C=O) groups excluding carboxylic acids is 1. The number of ether oxygens (including phenoxy) is 1. The van der Waals surface area contributed by atoms with Crippen molar-refractivity contribution >= 4 is 5.97 Å². The van der Waals surface area contributed by atoms with Gasteiger partial charge in [-0.2, -0.15) is 5.10 Å². The fourth-order valence-corrected chi connectivity index (χ4v) is 3.57. The Labute approximate surface area is 125 Å². The van der Waals surface area contributed by atoms with Gasteiger partial charge >= 0.3 is 5.97 Å². The number of likely N-dealkylation sites (tertiary alicyclic amines) is 1. The summed E-state index contributed by atoms with van der Waals surface area (Å²) in [5, 5.41) is 4.46. The van der Waals surface area contributed by atoms with E-state index in [1.807, 2.05) is 25.5 Å². The number of hydrogen-bond donors (Lipinski definition) is 0. The highest BCUT2D eigenvalue weighted by molar-refractivity contribution is 5.78. The molecule has 1 aromatic heterocycles. The van der Waals surface area contributed by atoms with Crippen molar-refractivity contribution in [2.45, 2.75) is 71.2 Å². The van der Waals surface area contributed by atoms with Crippen LogP contribution >= 0.6 is 0 Å². The summed E-state index contributed by atoms with van der Waals surface area (Å²) in [5.41, 5.74) is 0. The van der Waals surface area contributed by atoms with E-state index in [-0.39, 0.29) is 18.1 Å². The maximum absolute atomic E-state index is 12.1. The maximum atomic E-state index is 12.1. The first-order valence-electron chi connectivity index (χ1n) is 7.89. The SMILES string of the molecule is Cc1nc(C)n(C[C@@H]2CCCCN2[C@H]2C[C@H](C)OC2=O)n1. The molecule has 21 heavy (non-hydrogen) atoms. The molecule has 0 radical (unpaired) electrons. The predicted molar refractivity (Wildman–Crippen MR) is 77.8 cm³/mol. The number of aromatic nitrogens is 3. The second-order valence-corrected chi connectivity index (χ2v) is 6.27. The van der Waals surface area contributed by atoms with Crippen LogP contribution in [0.15, 0.2) is 0 Å². The van der Waals surface area contributed by atoms with E-state index in [9.17, 15) is 4.79 Å². The molecule has 6 nitrogen and oxygen atoms in total. The standard InChI is InChI=1S/C15H24N4O2/c1-10-8-14(15(20)21-10)18-7-5-4-6-13(18)9-19-12(3)16-11(2)17-19/h10,13-14H,4-9H2,1-3H3/t10-,13-,14-/m0/s1. The molecule has 0 unspecified atom stereocenters. The fraction of sp³-hybridized carbons (Fsp3) is 0.800. The molecule has 0 spiro atoms. The number of hydrogen-bond acceptors (Lipinski definition) is 5. The molecule has 0 aliphatic carbocycles. The van der Waals surface area contributed by atoms with E-state index in [4.69, 9.17) is 4.74 Å². The Morgan fingerprint density at radius 1 is 1.33 bits per heavy atom. The minimum absolute atomic E-state index is 0.0421. The molecule has 0 N–H and O–H groups in total. The van der Waals surface area contributed by atoms with Crippen molar-refractivity contribution in [1.29, 1.82) is 0 Å². The number of piperidine rings is 1. The highest BCUT2D eigenvalue weighted by Gasteiger charge is 2.40. The van der Waals surface area contributed by atoms with Gasteiger partial charge in [0.15, 0.2) is 0 Å². The summed E-state index contributed by atoms with van der Waals surface area (Å²) >= 11 is 0. The van der Waals surface area contributed by atoms with Gasteiger partial charge in [0.2, 0.25) is 0 Å². The molecule has 2 aliphatic rings. The van der Waals surface area contributed by atoms with Crippen LogP contribution in [-0.4, -0.2) is 50.4 Å². The lowest BCUT2D eigenvalue weighted by molar-refractivity contribution is -0.146. The van der Waals surface area contributed by atoms with E-state index in [0.29, 0.717) is 6.04 Å². The zero-order chi connectivity index (χ0) is 15.0. The normalized spacial score (nSPS) is 30.6. The van der Waals surface area contributed by atoms with Crippen LogP contribution in [-0.2, 0) is 16.1 Å². The molecule has 2 aliphatic heterocycles. The van der Waals surface area contributed by atoms with Gasteiger partial charge in [-0.25, -0.2) is 9.67 Å². The lowest BCUT2D eigenvalue weighted by Gasteiger charge is -2.38. The first-order valence-corrected chi connectivity index (χ1v) is 7.89. The third-order valence-electron chi connectivity index (χ3n) is 4.56. The van der Waals surface area contributed by atoms with Gasteiger partial charge < -0.3 is 4.74 Å². The van der Waals surface area contributed by atoms with Gasteiger partial charge in [-0.1, -0.05) is 6.42 Å². The molecule has 1 aromatic rings. The number of aryl methyl sites for hydroxylation is 2. The summed E-state index contributed by atoms with van der Waals surface area (Å²) in [5.74, 6) is 1.70. The van der Waals surface area contributed by atoms with Gasteiger partial charge in [-0.3, -0.25) is 9.69 Å². The topological polar surface area (TPSA) is 60.2 Å². The Bertz CT molecular complexity index is 528. The van der Waals surface area contributed by atoms with Gasteiger partial charge in [0.25, 0.3) is 0 Å². The molecule has 6 heteroatoms. The maximum Gasteiger partial charge on any atom is 0.323 e. The van der Waals surface area contributed by atoms with Crippen molar-refractivity contribution < 1.29 is 9.53 Å². The molecule has 3 heterocycles. The number of carbonyl (C=O) groups is 1. The quantitative estimate of drug-likeness (QED) is 0.789. The van der Waals surface area contributed by atoms with Crippen molar-refractivity contribution in [1.82, 2.24) is 19.7 Å². The van der Waals surface area contributed by atoms with E-state index >= 15 is 0 Å². The van der Waals surface area contributed by atoms with E-state index < -0.39 is 0 Å². The second kappa shape index (κ2) is 5.75. The Hall–Kier alpha value is -1.43. The first kappa shape index (κ1) is 14.5. The minimum atomic E-state index is -0.0739. The summed E-state index contributed by atoms with van der Waals surface area (Å²) in [7, 11) is 0. The number of esters is 1. The molecule has 2 fully saturated rings. The van der Waals surface area contributed by atoms with Crippen LogP contribution < -0.4 is 0 Å². The summed E-state index contributed by atoms with van der Waals surface area (Å²) in [6, 6.07) is 0.275. The smallest absolute Gasteiger partial charge is 0.323 e. The molecule has 0 amide bonds. The fourth-order valence-electron chi connectivity index (χ4n) is 3.57. The Morgan fingerprint density at radius 3 is 2.76 bits per heavy atom. The van der Waals surface area contributed by atoms with Crippen LogP contribution in [0.25, 0.3) is 0 Å². The number of cyclic esters (lactones) is 1. The number of rotatable bonds is 3. The van der Waals surface area contributed by atoms with Crippen molar-refractivity contribution in [3.63, 3.8) is 0 Å². The molecule has 3 rings (SSSR count). The van der Waals surface area contributed by atoms with Crippen molar-refractivity contribution in [3.05, 3.63) is 11.6 Å². The first-order chi connectivity index (χ1) is 10.0. The molecule has 0 saturated carbocycles. The average Bonchev–Trinajstić information content (AvgIpc) is 2.92. The van der Waals surface area contributed by atoms with Crippen LogP contribution in [0.1, 0.15) is 44.3 Å². The molecule has 3 atom stereocenters. The van der Waals surface area contributed by atoms with Gasteiger partial charge in [-0.05, 0) is 40.2 Å². The molecule has 2 saturated heterocycles. The Kier molecular flexibility index (Phi) is 3.97. The predicted octanol–water partition coefficient (Wildman–Crippen LogP) is 1.45. The third-order valence-corrected chi connectivity index (χ3v) is 4.56. The van der Waals surface area contributed by atoms with E-state index in [1.165, 1.54) is 6.42 Å². The lowest BCUT2D eigenvalue weighted by Crippen LogP contribution is -2.50. The minimum Gasteiger partial charge on any atom is -0.461 e.